The van der Waals surface area contributed by atoms with Crippen LogP contribution in [0.3, 0.4) is 0 Å². The second kappa shape index (κ2) is 5.90. The maximum absolute atomic E-state index is 10.2. The summed E-state index contributed by atoms with van der Waals surface area (Å²) in [6.45, 7) is 0. The van der Waals surface area contributed by atoms with Crippen LogP contribution >= 0.6 is 0 Å². The predicted molar refractivity (Wildman–Crippen MR) is 64.0 cm³/mol. The van der Waals surface area contributed by atoms with Crippen molar-refractivity contribution in [2.45, 2.75) is 5.97 Å². The standard InChI is InChI=1S/C12H18O6/c1-14-9-7-6-8(12(13,17-4)18-5)10(15-2)11(9)16-3/h6-7,13H,1-5H3. The fourth-order valence-corrected chi connectivity index (χ4v) is 1.65. The molecule has 1 aromatic rings. The molecule has 0 aliphatic carbocycles. The van der Waals surface area contributed by atoms with Crippen LogP contribution in [0, 0.1) is 0 Å². The lowest BCUT2D eigenvalue weighted by Gasteiger charge is -2.27. The summed E-state index contributed by atoms with van der Waals surface area (Å²) in [5.41, 5.74) is 0.285. The molecular formula is C12H18O6. The molecule has 0 aromatic heterocycles. The molecule has 0 bridgehead atoms. The first kappa shape index (κ1) is 14.6. The number of hydrogen-bond acceptors (Lipinski definition) is 6. The maximum atomic E-state index is 10.2. The Labute approximate surface area is 106 Å². The Morgan fingerprint density at radius 1 is 0.833 bits per heavy atom. The summed E-state index contributed by atoms with van der Waals surface area (Å²) in [6.07, 6.45) is 0. The summed E-state index contributed by atoms with van der Waals surface area (Å²) < 4.78 is 25.5. The second-order valence-electron chi connectivity index (χ2n) is 3.37. The fourth-order valence-electron chi connectivity index (χ4n) is 1.65. The third kappa shape index (κ3) is 2.35. The summed E-state index contributed by atoms with van der Waals surface area (Å²) in [5, 5.41) is 10.2. The van der Waals surface area contributed by atoms with Crippen molar-refractivity contribution in [3.8, 4) is 17.2 Å². The van der Waals surface area contributed by atoms with Gasteiger partial charge in [0, 0.05) is 14.2 Å². The minimum absolute atomic E-state index is 0.281. The molecule has 6 heteroatoms. The number of aliphatic hydroxyl groups is 1. The third-order valence-corrected chi connectivity index (χ3v) is 2.60. The Morgan fingerprint density at radius 2 is 1.39 bits per heavy atom. The van der Waals surface area contributed by atoms with Crippen LogP contribution in [0.1, 0.15) is 5.56 Å². The van der Waals surface area contributed by atoms with E-state index in [1.807, 2.05) is 0 Å². The molecule has 102 valence electrons. The molecule has 0 spiro atoms. The lowest BCUT2D eigenvalue weighted by molar-refractivity contribution is -0.352. The lowest BCUT2D eigenvalue weighted by Crippen LogP contribution is -2.30. The fraction of sp³-hybridized carbons (Fsp3) is 0.500. The minimum atomic E-state index is -1.91. The van der Waals surface area contributed by atoms with Crippen molar-refractivity contribution in [3.05, 3.63) is 17.7 Å². The Kier molecular flexibility index (Phi) is 4.77. The first-order valence-electron chi connectivity index (χ1n) is 5.20. The third-order valence-electron chi connectivity index (χ3n) is 2.60. The zero-order valence-electron chi connectivity index (χ0n) is 11.1. The van der Waals surface area contributed by atoms with Crippen molar-refractivity contribution in [3.63, 3.8) is 0 Å². The molecule has 0 amide bonds. The van der Waals surface area contributed by atoms with Crippen molar-refractivity contribution in [2.75, 3.05) is 35.5 Å². The van der Waals surface area contributed by atoms with Gasteiger partial charge in [0.1, 0.15) is 0 Å². The molecule has 0 atom stereocenters. The van der Waals surface area contributed by atoms with Crippen molar-refractivity contribution in [2.24, 2.45) is 0 Å². The van der Waals surface area contributed by atoms with E-state index in [-0.39, 0.29) is 11.3 Å². The molecule has 1 aromatic carbocycles. The lowest BCUT2D eigenvalue weighted by atomic mass is 10.1. The first-order valence-corrected chi connectivity index (χ1v) is 5.20. The monoisotopic (exact) mass is 258 g/mol. The van der Waals surface area contributed by atoms with Crippen molar-refractivity contribution in [1.29, 1.82) is 0 Å². The van der Waals surface area contributed by atoms with Crippen molar-refractivity contribution in [1.82, 2.24) is 0 Å². The van der Waals surface area contributed by atoms with Gasteiger partial charge in [0.2, 0.25) is 5.75 Å². The summed E-state index contributed by atoms with van der Waals surface area (Å²) >= 11 is 0. The van der Waals surface area contributed by atoms with Crippen LogP contribution in [-0.4, -0.2) is 40.7 Å². The summed E-state index contributed by atoms with van der Waals surface area (Å²) in [4.78, 5) is 0. The molecule has 0 radical (unpaired) electrons. The highest BCUT2D eigenvalue weighted by Gasteiger charge is 2.35. The van der Waals surface area contributed by atoms with Gasteiger partial charge < -0.3 is 28.8 Å². The van der Waals surface area contributed by atoms with Crippen LogP contribution in [0.5, 0.6) is 17.2 Å². The van der Waals surface area contributed by atoms with Gasteiger partial charge in [-0.3, -0.25) is 0 Å². The molecule has 0 fully saturated rings. The van der Waals surface area contributed by atoms with Gasteiger partial charge in [-0.05, 0) is 12.1 Å². The quantitative estimate of drug-likeness (QED) is 0.771. The smallest absolute Gasteiger partial charge is 0.312 e. The van der Waals surface area contributed by atoms with E-state index in [1.54, 1.807) is 12.1 Å². The van der Waals surface area contributed by atoms with E-state index >= 15 is 0 Å². The Balaban J connectivity index is 3.46. The van der Waals surface area contributed by atoms with Crippen LogP contribution in [0.4, 0.5) is 0 Å². The van der Waals surface area contributed by atoms with E-state index in [0.717, 1.165) is 0 Å². The van der Waals surface area contributed by atoms with E-state index < -0.39 is 5.97 Å². The van der Waals surface area contributed by atoms with Gasteiger partial charge in [-0.1, -0.05) is 0 Å². The largest absolute Gasteiger partial charge is 0.493 e. The average molecular weight is 258 g/mol. The van der Waals surface area contributed by atoms with Gasteiger partial charge in [0.15, 0.2) is 11.5 Å². The number of benzene rings is 1. The predicted octanol–water partition coefficient (Wildman–Crippen LogP) is 1.11. The zero-order valence-corrected chi connectivity index (χ0v) is 11.1. The molecule has 18 heavy (non-hydrogen) atoms. The van der Waals surface area contributed by atoms with E-state index in [4.69, 9.17) is 23.7 Å². The summed E-state index contributed by atoms with van der Waals surface area (Å²) in [5.74, 6) is -0.800. The maximum Gasteiger partial charge on any atom is 0.312 e. The average Bonchev–Trinajstić information content (AvgIpc) is 2.44. The second-order valence-corrected chi connectivity index (χ2v) is 3.37. The Bertz CT molecular complexity index is 400. The number of methoxy groups -OCH3 is 5. The van der Waals surface area contributed by atoms with Gasteiger partial charge in [-0.2, -0.15) is 0 Å². The molecule has 0 unspecified atom stereocenters. The normalized spacial score (nSPS) is 11.2. The van der Waals surface area contributed by atoms with Crippen molar-refractivity contribution >= 4 is 0 Å². The molecule has 0 aliphatic rings. The topological polar surface area (TPSA) is 66.4 Å². The van der Waals surface area contributed by atoms with Gasteiger partial charge in [0.05, 0.1) is 26.9 Å². The molecule has 1 N–H and O–H groups in total. The molecule has 1 rings (SSSR count). The highest BCUT2D eigenvalue weighted by atomic mass is 16.8. The van der Waals surface area contributed by atoms with Crippen LogP contribution in [0.15, 0.2) is 12.1 Å². The van der Waals surface area contributed by atoms with Crippen LogP contribution in [-0.2, 0) is 15.4 Å². The molecule has 0 saturated carbocycles. The van der Waals surface area contributed by atoms with Gasteiger partial charge in [-0.15, -0.1) is 0 Å². The van der Waals surface area contributed by atoms with Gasteiger partial charge >= 0.3 is 5.97 Å². The number of hydrogen-bond donors (Lipinski definition) is 1. The van der Waals surface area contributed by atoms with Crippen molar-refractivity contribution < 1.29 is 28.8 Å². The van der Waals surface area contributed by atoms with Gasteiger partial charge in [-0.25, -0.2) is 0 Å². The summed E-state index contributed by atoms with van der Waals surface area (Å²) in [6, 6.07) is 3.20. The van der Waals surface area contributed by atoms with Crippen LogP contribution in [0.25, 0.3) is 0 Å². The number of ether oxygens (including phenoxy) is 5. The SMILES string of the molecule is COc1ccc(C(O)(OC)OC)c(OC)c1OC. The molecule has 0 saturated heterocycles. The highest BCUT2D eigenvalue weighted by molar-refractivity contribution is 5.56. The highest BCUT2D eigenvalue weighted by Crippen LogP contribution is 2.44. The number of rotatable bonds is 6. The zero-order chi connectivity index (χ0) is 13.8. The van der Waals surface area contributed by atoms with Crippen LogP contribution in [0.2, 0.25) is 0 Å². The van der Waals surface area contributed by atoms with E-state index in [9.17, 15) is 5.11 Å². The minimum Gasteiger partial charge on any atom is -0.493 e. The first-order chi connectivity index (χ1) is 8.57. The molecule has 0 heterocycles. The van der Waals surface area contributed by atoms with E-state index in [0.29, 0.717) is 11.5 Å². The molecule has 0 aliphatic heterocycles. The van der Waals surface area contributed by atoms with Gasteiger partial charge in [0.25, 0.3) is 0 Å². The van der Waals surface area contributed by atoms with Crippen LogP contribution < -0.4 is 14.2 Å². The Morgan fingerprint density at radius 3 is 1.78 bits per heavy atom. The van der Waals surface area contributed by atoms with E-state index in [1.165, 1.54) is 35.5 Å². The van der Waals surface area contributed by atoms with E-state index in [2.05, 4.69) is 0 Å². The summed E-state index contributed by atoms with van der Waals surface area (Å²) in [7, 11) is 7.07. The Hall–Kier alpha value is -1.50. The molecular weight excluding hydrogens is 240 g/mol. The molecule has 6 nitrogen and oxygen atoms in total.